The number of hydrogen-bond donors (Lipinski definition) is 2. The maximum atomic E-state index is 13.6. The predicted molar refractivity (Wildman–Crippen MR) is 158 cm³/mol. The number of carbonyl (C=O) groups is 1. The summed E-state index contributed by atoms with van der Waals surface area (Å²) in [5.41, 5.74) is 4.33. The first-order valence-electron chi connectivity index (χ1n) is 13.5. The number of Topliss-reactive ketones (excluding diaryl/α,β-unsaturated/α-hetero) is 1. The van der Waals surface area contributed by atoms with E-state index in [1.807, 2.05) is 12.1 Å². The molecule has 40 heavy (non-hydrogen) atoms. The monoisotopic (exact) mass is 559 g/mol. The summed E-state index contributed by atoms with van der Waals surface area (Å²) >= 11 is 1.35. The Kier molecular flexibility index (Phi) is 7.55. The number of benzene rings is 2. The Balaban J connectivity index is 1.52. The molecule has 208 valence electrons. The molecule has 1 aliphatic carbocycles. The topological polar surface area (TPSA) is 121 Å². The van der Waals surface area contributed by atoms with Gasteiger partial charge in [-0.05, 0) is 48.9 Å². The van der Waals surface area contributed by atoms with Crippen LogP contribution in [0.1, 0.15) is 63.1 Å². The van der Waals surface area contributed by atoms with Crippen LogP contribution in [0.5, 0.6) is 0 Å². The zero-order chi connectivity index (χ0) is 28.6. The number of nitro groups is 1. The van der Waals surface area contributed by atoms with Crippen LogP contribution in [0.3, 0.4) is 0 Å². The van der Waals surface area contributed by atoms with Gasteiger partial charge < -0.3 is 15.2 Å². The number of thioether (sulfide) groups is 1. The molecule has 2 heterocycles. The molecule has 3 aromatic rings. The van der Waals surface area contributed by atoms with Crippen molar-refractivity contribution in [2.75, 3.05) is 23.3 Å². The second kappa shape index (κ2) is 10.9. The smallest absolute Gasteiger partial charge is 0.269 e. The van der Waals surface area contributed by atoms with Gasteiger partial charge in [-0.15, -0.1) is 0 Å². The third-order valence-corrected chi connectivity index (χ3v) is 8.52. The summed E-state index contributed by atoms with van der Waals surface area (Å²) in [4.78, 5) is 47.6. The maximum Gasteiger partial charge on any atom is 0.269 e. The van der Waals surface area contributed by atoms with E-state index in [-0.39, 0.29) is 22.4 Å². The quantitative estimate of drug-likeness (QED) is 0.149. The number of aromatic nitrogens is 2. The van der Waals surface area contributed by atoms with Crippen molar-refractivity contribution >= 4 is 34.7 Å². The van der Waals surface area contributed by atoms with Crippen LogP contribution in [0, 0.1) is 15.5 Å². The van der Waals surface area contributed by atoms with Crippen LogP contribution in [0.25, 0.3) is 0 Å². The lowest BCUT2D eigenvalue weighted by atomic mass is 9.69. The average molecular weight is 560 g/mol. The van der Waals surface area contributed by atoms with Crippen molar-refractivity contribution in [2.24, 2.45) is 5.41 Å². The normalized spacial score (nSPS) is 17.6. The molecule has 0 spiro atoms. The highest BCUT2D eigenvalue weighted by atomic mass is 32.2. The summed E-state index contributed by atoms with van der Waals surface area (Å²) in [6.45, 7) is 10.2. The largest absolute Gasteiger partial charge is 0.372 e. The van der Waals surface area contributed by atoms with Crippen LogP contribution in [-0.4, -0.2) is 33.8 Å². The number of nitro benzene ring substituents is 1. The van der Waals surface area contributed by atoms with E-state index in [2.05, 4.69) is 55.0 Å². The first-order valence-corrected chi connectivity index (χ1v) is 14.5. The summed E-state index contributed by atoms with van der Waals surface area (Å²) in [7, 11) is 0. The van der Waals surface area contributed by atoms with Gasteiger partial charge in [0.25, 0.3) is 11.2 Å². The standard InChI is InChI=1S/C30H33N5O4S/c1-5-34(6-2)20-13-9-19(10-14-20)24-25-22(15-30(3,4)16-23(25)36)31-27-26(24)28(37)33-29(32-27)40-17-18-7-11-21(12-8-18)35(38)39/h7-14,24H,5-6,15-17H2,1-4H3,(H2,31,32,33,37). The van der Waals surface area contributed by atoms with Gasteiger partial charge in [0.2, 0.25) is 0 Å². The van der Waals surface area contributed by atoms with E-state index < -0.39 is 10.8 Å². The van der Waals surface area contributed by atoms with Gasteiger partial charge in [0.1, 0.15) is 5.82 Å². The molecule has 0 radical (unpaired) electrons. The number of hydrogen-bond acceptors (Lipinski definition) is 8. The van der Waals surface area contributed by atoms with Crippen LogP contribution in [0.4, 0.5) is 17.2 Å². The van der Waals surface area contributed by atoms with E-state index in [0.29, 0.717) is 40.7 Å². The summed E-state index contributed by atoms with van der Waals surface area (Å²) in [6, 6.07) is 14.5. The number of carbonyl (C=O) groups excluding carboxylic acids is 1. The predicted octanol–water partition coefficient (Wildman–Crippen LogP) is 6.02. The molecule has 0 fully saturated rings. The second-order valence-electron chi connectivity index (χ2n) is 11.0. The molecule has 5 rings (SSSR count). The van der Waals surface area contributed by atoms with Crippen molar-refractivity contribution in [3.05, 3.63) is 97.0 Å². The average Bonchev–Trinajstić information content (AvgIpc) is 2.91. The number of nitrogens with zero attached hydrogens (tertiary/aromatic N) is 3. The van der Waals surface area contributed by atoms with E-state index in [1.54, 1.807) is 12.1 Å². The highest BCUT2D eigenvalue weighted by molar-refractivity contribution is 7.98. The molecular formula is C30H33N5O4S. The Bertz CT molecular complexity index is 1540. The Labute approximate surface area is 237 Å². The second-order valence-corrected chi connectivity index (χ2v) is 12.0. The molecule has 2 aliphatic rings. The maximum absolute atomic E-state index is 13.6. The van der Waals surface area contributed by atoms with Crippen LogP contribution in [-0.2, 0) is 10.5 Å². The third-order valence-electron chi connectivity index (χ3n) is 7.58. The number of allylic oxidation sites excluding steroid dienone is 2. The number of H-pyrrole nitrogens is 1. The lowest BCUT2D eigenvalue weighted by Crippen LogP contribution is -2.37. The lowest BCUT2D eigenvalue weighted by Gasteiger charge is -2.38. The fourth-order valence-corrected chi connectivity index (χ4v) is 6.44. The van der Waals surface area contributed by atoms with Gasteiger partial charge in [-0.1, -0.05) is 49.9 Å². The van der Waals surface area contributed by atoms with Gasteiger partial charge in [0.15, 0.2) is 10.9 Å². The molecule has 10 heteroatoms. The summed E-state index contributed by atoms with van der Waals surface area (Å²) in [5, 5.41) is 14.7. The number of nitrogens with one attached hydrogen (secondary N) is 2. The molecule has 9 nitrogen and oxygen atoms in total. The number of non-ortho nitro benzene ring substituents is 1. The molecule has 1 unspecified atom stereocenters. The van der Waals surface area contributed by atoms with E-state index >= 15 is 0 Å². The number of rotatable bonds is 8. The Morgan fingerprint density at radius 1 is 1.05 bits per heavy atom. The van der Waals surface area contributed by atoms with E-state index in [1.165, 1.54) is 23.9 Å². The molecule has 1 atom stereocenters. The van der Waals surface area contributed by atoms with Crippen molar-refractivity contribution in [3.8, 4) is 0 Å². The van der Waals surface area contributed by atoms with E-state index in [9.17, 15) is 19.7 Å². The molecule has 0 bridgehead atoms. The SMILES string of the molecule is CCN(CC)c1ccc(C2C3=C(CC(C)(C)CC3=O)Nc3nc(SCc4ccc([N+](=O)[O-])cc4)[nH]c(=O)c32)cc1. The van der Waals surface area contributed by atoms with Crippen molar-refractivity contribution in [1.29, 1.82) is 0 Å². The first kappa shape index (κ1) is 27.6. The van der Waals surface area contributed by atoms with Crippen LogP contribution < -0.4 is 15.8 Å². The molecule has 2 N–H and O–H groups in total. The highest BCUT2D eigenvalue weighted by Crippen LogP contribution is 2.48. The van der Waals surface area contributed by atoms with Crippen molar-refractivity contribution < 1.29 is 9.72 Å². The van der Waals surface area contributed by atoms with Gasteiger partial charge in [-0.2, -0.15) is 0 Å². The minimum Gasteiger partial charge on any atom is -0.372 e. The fraction of sp³-hybridized carbons (Fsp3) is 0.367. The Hall–Kier alpha value is -3.92. The van der Waals surface area contributed by atoms with Gasteiger partial charge in [-0.3, -0.25) is 19.7 Å². The van der Waals surface area contributed by atoms with Crippen LogP contribution in [0.2, 0.25) is 0 Å². The van der Waals surface area contributed by atoms with Gasteiger partial charge in [0.05, 0.1) is 10.5 Å². The Morgan fingerprint density at radius 2 is 1.73 bits per heavy atom. The number of anilines is 2. The minimum absolute atomic E-state index is 0.0310. The zero-order valence-electron chi connectivity index (χ0n) is 23.1. The molecule has 0 amide bonds. The molecule has 1 aromatic heterocycles. The third kappa shape index (κ3) is 5.40. The molecule has 2 aromatic carbocycles. The lowest BCUT2D eigenvalue weighted by molar-refractivity contribution is -0.384. The molecule has 0 saturated heterocycles. The summed E-state index contributed by atoms with van der Waals surface area (Å²) < 4.78 is 0. The number of fused-ring (bicyclic) bond motifs is 1. The van der Waals surface area contributed by atoms with Gasteiger partial charge >= 0.3 is 0 Å². The summed E-state index contributed by atoms with van der Waals surface area (Å²) in [5.74, 6) is 0.496. The minimum atomic E-state index is -0.509. The molecular weight excluding hydrogens is 526 g/mol. The van der Waals surface area contributed by atoms with E-state index in [0.717, 1.165) is 35.6 Å². The molecule has 1 aliphatic heterocycles. The Morgan fingerprint density at radius 3 is 2.35 bits per heavy atom. The van der Waals surface area contributed by atoms with Crippen molar-refractivity contribution in [2.45, 2.75) is 57.4 Å². The van der Waals surface area contributed by atoms with Crippen LogP contribution >= 0.6 is 11.8 Å². The number of aromatic amines is 1. The first-order chi connectivity index (χ1) is 19.1. The molecule has 0 saturated carbocycles. The van der Waals surface area contributed by atoms with Gasteiger partial charge in [-0.25, -0.2) is 4.98 Å². The highest BCUT2D eigenvalue weighted by Gasteiger charge is 2.42. The summed E-state index contributed by atoms with van der Waals surface area (Å²) in [6.07, 6.45) is 1.10. The number of ketones is 1. The zero-order valence-corrected chi connectivity index (χ0v) is 23.9. The van der Waals surface area contributed by atoms with Crippen molar-refractivity contribution in [1.82, 2.24) is 9.97 Å². The van der Waals surface area contributed by atoms with Gasteiger partial charge in [0, 0.05) is 60.3 Å². The van der Waals surface area contributed by atoms with Crippen LogP contribution in [0.15, 0.2) is 69.8 Å². The van der Waals surface area contributed by atoms with E-state index in [4.69, 9.17) is 4.98 Å². The fourth-order valence-electron chi connectivity index (χ4n) is 5.63. The van der Waals surface area contributed by atoms with Crippen molar-refractivity contribution in [3.63, 3.8) is 0 Å².